The third kappa shape index (κ3) is 4.20. The maximum absolute atomic E-state index is 12.8. The Kier molecular flexibility index (Phi) is 4.84. The van der Waals surface area contributed by atoms with Gasteiger partial charge >= 0.3 is 0 Å². The smallest absolute Gasteiger partial charge is 0.123 e. The molecule has 2 aromatic rings. The molecule has 0 aliphatic carbocycles. The lowest BCUT2D eigenvalue weighted by atomic mass is 10.1. The molecule has 0 bridgehead atoms. The molecular weight excluding hydrogens is 247 g/mol. The largest absolute Gasteiger partial charge is 0.314 e. The molecule has 1 heterocycles. The summed E-state index contributed by atoms with van der Waals surface area (Å²) in [7, 11) is 0. The van der Waals surface area contributed by atoms with E-state index in [2.05, 4.69) is 22.6 Å². The van der Waals surface area contributed by atoms with Crippen molar-refractivity contribution in [3.63, 3.8) is 0 Å². The molecule has 96 valence electrons. The van der Waals surface area contributed by atoms with E-state index in [0.29, 0.717) is 6.04 Å². The minimum absolute atomic E-state index is 0.178. The molecule has 1 N–H and O–H groups in total. The average Bonchev–Trinajstić information content (AvgIpc) is 2.85. The van der Waals surface area contributed by atoms with Crippen LogP contribution in [0.5, 0.6) is 0 Å². The second kappa shape index (κ2) is 6.61. The molecule has 0 radical (unpaired) electrons. The molecule has 0 spiro atoms. The zero-order valence-corrected chi connectivity index (χ0v) is 11.2. The third-order valence-corrected chi connectivity index (χ3v) is 3.45. The van der Waals surface area contributed by atoms with Crippen molar-refractivity contribution in [2.24, 2.45) is 0 Å². The lowest BCUT2D eigenvalue weighted by Gasteiger charge is -2.13. The minimum Gasteiger partial charge on any atom is -0.314 e. The first-order valence-electron chi connectivity index (χ1n) is 6.09. The van der Waals surface area contributed by atoms with Gasteiger partial charge in [-0.25, -0.2) is 9.37 Å². The fourth-order valence-corrected chi connectivity index (χ4v) is 2.45. The first-order valence-corrected chi connectivity index (χ1v) is 7.03. The van der Waals surface area contributed by atoms with E-state index in [4.69, 9.17) is 0 Å². The quantitative estimate of drug-likeness (QED) is 0.867. The van der Waals surface area contributed by atoms with Crippen LogP contribution in [0.3, 0.4) is 0 Å². The molecule has 1 aromatic carbocycles. The molecule has 1 atom stereocenters. The first-order chi connectivity index (χ1) is 8.74. The van der Waals surface area contributed by atoms with E-state index in [9.17, 15) is 4.39 Å². The highest BCUT2D eigenvalue weighted by Crippen LogP contribution is 2.06. The lowest BCUT2D eigenvalue weighted by Crippen LogP contribution is -2.30. The van der Waals surface area contributed by atoms with Gasteiger partial charge in [-0.05, 0) is 31.0 Å². The van der Waals surface area contributed by atoms with E-state index in [1.165, 1.54) is 12.1 Å². The molecule has 0 fully saturated rings. The van der Waals surface area contributed by atoms with Gasteiger partial charge in [-0.1, -0.05) is 12.1 Å². The van der Waals surface area contributed by atoms with Gasteiger partial charge < -0.3 is 5.32 Å². The Morgan fingerprint density at radius 1 is 1.33 bits per heavy atom. The second-order valence-electron chi connectivity index (χ2n) is 4.42. The molecule has 1 aromatic heterocycles. The van der Waals surface area contributed by atoms with Crippen LogP contribution in [-0.2, 0) is 12.8 Å². The lowest BCUT2D eigenvalue weighted by molar-refractivity contribution is 0.546. The number of rotatable bonds is 6. The molecule has 0 saturated heterocycles. The topological polar surface area (TPSA) is 24.9 Å². The number of nitrogens with one attached hydrogen (secondary N) is 1. The molecule has 2 nitrogen and oxygen atoms in total. The van der Waals surface area contributed by atoms with Gasteiger partial charge in [0.1, 0.15) is 5.82 Å². The molecule has 4 heteroatoms. The van der Waals surface area contributed by atoms with Crippen LogP contribution in [0.2, 0.25) is 0 Å². The number of halogens is 1. The van der Waals surface area contributed by atoms with Gasteiger partial charge in [0.05, 0.1) is 11.2 Å². The fraction of sp³-hybridized carbons (Fsp3) is 0.357. The van der Waals surface area contributed by atoms with Gasteiger partial charge in [-0.3, -0.25) is 0 Å². The maximum atomic E-state index is 12.8. The minimum atomic E-state index is -0.178. The average molecular weight is 264 g/mol. The summed E-state index contributed by atoms with van der Waals surface area (Å²) in [5.41, 5.74) is 4.16. The second-order valence-corrected chi connectivity index (χ2v) is 5.13. The Labute approximate surface area is 111 Å². The SMILES string of the molecule is CC(Cc1ccc(F)cc1)NCCc1cscn1. The van der Waals surface area contributed by atoms with Crippen LogP contribution in [0, 0.1) is 5.82 Å². The van der Waals surface area contributed by atoms with Gasteiger partial charge in [-0.2, -0.15) is 0 Å². The highest BCUT2D eigenvalue weighted by Gasteiger charge is 2.03. The van der Waals surface area contributed by atoms with Crippen LogP contribution in [0.1, 0.15) is 18.2 Å². The standard InChI is InChI=1S/C14H17FN2S/c1-11(8-12-2-4-13(15)5-3-12)16-7-6-14-9-18-10-17-14/h2-5,9-11,16H,6-8H2,1H3. The molecule has 1 unspecified atom stereocenters. The number of aromatic nitrogens is 1. The van der Waals surface area contributed by atoms with Crippen molar-refractivity contribution in [2.75, 3.05) is 6.54 Å². The summed E-state index contributed by atoms with van der Waals surface area (Å²) in [6.07, 6.45) is 1.87. The molecule has 0 amide bonds. The van der Waals surface area contributed by atoms with Gasteiger partial charge in [0.15, 0.2) is 0 Å². The van der Waals surface area contributed by atoms with Crippen molar-refractivity contribution in [2.45, 2.75) is 25.8 Å². The van der Waals surface area contributed by atoms with Crippen LogP contribution in [-0.4, -0.2) is 17.6 Å². The predicted octanol–water partition coefficient (Wildman–Crippen LogP) is 3.05. The molecule has 0 saturated carbocycles. The number of benzene rings is 1. The zero-order valence-electron chi connectivity index (χ0n) is 10.4. The van der Waals surface area contributed by atoms with Gasteiger partial charge in [0.2, 0.25) is 0 Å². The van der Waals surface area contributed by atoms with Gasteiger partial charge in [0.25, 0.3) is 0 Å². The van der Waals surface area contributed by atoms with Gasteiger partial charge in [0, 0.05) is 24.4 Å². The van der Waals surface area contributed by atoms with Crippen molar-refractivity contribution in [3.8, 4) is 0 Å². The van der Waals surface area contributed by atoms with Crippen molar-refractivity contribution in [3.05, 3.63) is 52.2 Å². The Morgan fingerprint density at radius 3 is 2.78 bits per heavy atom. The summed E-state index contributed by atoms with van der Waals surface area (Å²) in [4.78, 5) is 4.24. The number of nitrogens with zero attached hydrogens (tertiary/aromatic N) is 1. The highest BCUT2D eigenvalue weighted by molar-refractivity contribution is 7.07. The molecule has 18 heavy (non-hydrogen) atoms. The van der Waals surface area contributed by atoms with Crippen molar-refractivity contribution in [1.82, 2.24) is 10.3 Å². The Balaban J connectivity index is 1.71. The fourth-order valence-electron chi connectivity index (χ4n) is 1.85. The van der Waals surface area contributed by atoms with Crippen LogP contribution in [0.15, 0.2) is 35.2 Å². The monoisotopic (exact) mass is 264 g/mol. The zero-order chi connectivity index (χ0) is 12.8. The summed E-state index contributed by atoms with van der Waals surface area (Å²) in [5.74, 6) is -0.178. The Morgan fingerprint density at radius 2 is 2.11 bits per heavy atom. The highest BCUT2D eigenvalue weighted by atomic mass is 32.1. The van der Waals surface area contributed by atoms with E-state index < -0.39 is 0 Å². The van der Waals surface area contributed by atoms with Crippen LogP contribution in [0.4, 0.5) is 4.39 Å². The van der Waals surface area contributed by atoms with E-state index in [1.807, 2.05) is 17.6 Å². The van der Waals surface area contributed by atoms with E-state index >= 15 is 0 Å². The summed E-state index contributed by atoms with van der Waals surface area (Å²) in [6, 6.07) is 7.09. The third-order valence-electron chi connectivity index (χ3n) is 2.81. The normalized spacial score (nSPS) is 12.6. The van der Waals surface area contributed by atoms with Crippen molar-refractivity contribution in [1.29, 1.82) is 0 Å². The van der Waals surface area contributed by atoms with Crippen molar-refractivity contribution < 1.29 is 4.39 Å². The van der Waals surface area contributed by atoms with E-state index in [1.54, 1.807) is 11.3 Å². The molecule has 0 aliphatic rings. The predicted molar refractivity (Wildman–Crippen MR) is 73.4 cm³/mol. The molecule has 2 rings (SSSR count). The number of hydrogen-bond acceptors (Lipinski definition) is 3. The van der Waals surface area contributed by atoms with E-state index in [0.717, 1.165) is 30.6 Å². The molecular formula is C14H17FN2S. The first kappa shape index (κ1) is 13.2. The Hall–Kier alpha value is -1.26. The van der Waals surface area contributed by atoms with Crippen LogP contribution in [0.25, 0.3) is 0 Å². The van der Waals surface area contributed by atoms with Gasteiger partial charge in [-0.15, -0.1) is 11.3 Å². The van der Waals surface area contributed by atoms with Crippen LogP contribution < -0.4 is 5.32 Å². The number of hydrogen-bond donors (Lipinski definition) is 1. The van der Waals surface area contributed by atoms with Crippen molar-refractivity contribution >= 4 is 11.3 Å². The maximum Gasteiger partial charge on any atom is 0.123 e. The summed E-state index contributed by atoms with van der Waals surface area (Å²) < 4.78 is 12.8. The molecule has 0 aliphatic heterocycles. The number of thiazole rings is 1. The summed E-state index contributed by atoms with van der Waals surface area (Å²) >= 11 is 1.63. The Bertz CT molecular complexity index is 453. The summed E-state index contributed by atoms with van der Waals surface area (Å²) in [5, 5.41) is 5.53. The van der Waals surface area contributed by atoms with E-state index in [-0.39, 0.29) is 5.82 Å². The summed E-state index contributed by atoms with van der Waals surface area (Å²) in [6.45, 7) is 3.07. The van der Waals surface area contributed by atoms with Crippen LogP contribution >= 0.6 is 11.3 Å².